The molecular weight excluding hydrogens is 377 g/mol. The van der Waals surface area contributed by atoms with Crippen LogP contribution in [0.3, 0.4) is 0 Å². The van der Waals surface area contributed by atoms with Crippen LogP contribution >= 0.6 is 11.6 Å². The Balaban J connectivity index is 1.88. The van der Waals surface area contributed by atoms with Crippen LogP contribution in [0.25, 0.3) is 33.2 Å². The normalized spacial score (nSPS) is 11.0. The summed E-state index contributed by atoms with van der Waals surface area (Å²) in [6.45, 7) is 1.97. The van der Waals surface area contributed by atoms with Crippen LogP contribution < -0.4 is 5.73 Å². The summed E-state index contributed by atoms with van der Waals surface area (Å²) in [6, 6.07) is 15.4. The summed E-state index contributed by atoms with van der Waals surface area (Å²) in [5.74, 6) is -0.879. The van der Waals surface area contributed by atoms with Crippen molar-refractivity contribution in [1.82, 2.24) is 10.2 Å². The van der Waals surface area contributed by atoms with E-state index in [2.05, 4.69) is 10.2 Å². The van der Waals surface area contributed by atoms with Crippen LogP contribution in [0.4, 0.5) is 4.39 Å². The molecule has 4 rings (SSSR count). The molecule has 0 unspecified atom stereocenters. The molecule has 0 aliphatic heterocycles. The van der Waals surface area contributed by atoms with E-state index in [1.807, 2.05) is 31.2 Å². The van der Waals surface area contributed by atoms with Gasteiger partial charge in [-0.1, -0.05) is 29.8 Å². The predicted molar refractivity (Wildman–Crippen MR) is 109 cm³/mol. The fourth-order valence-electron chi connectivity index (χ4n) is 3.22. The monoisotopic (exact) mass is 391 g/mol. The van der Waals surface area contributed by atoms with E-state index in [1.165, 1.54) is 12.1 Å². The summed E-state index contributed by atoms with van der Waals surface area (Å²) < 4.78 is 13.4. The number of primary amides is 1. The number of rotatable bonds is 3. The molecule has 0 saturated carbocycles. The molecule has 0 aliphatic rings. The number of carbonyl (C=O) groups is 1. The molecule has 3 aromatic carbocycles. The molecule has 4 nitrogen and oxygen atoms in total. The molecule has 6 heteroatoms. The molecule has 0 aliphatic carbocycles. The summed E-state index contributed by atoms with van der Waals surface area (Å²) in [6.07, 6.45) is 1.66. The number of aromatic nitrogens is 2. The first-order valence-corrected chi connectivity index (χ1v) is 8.93. The predicted octanol–water partition coefficient (Wildman–Crippen LogP) is 5.16. The minimum atomic E-state index is -0.471. The van der Waals surface area contributed by atoms with Gasteiger partial charge in [-0.3, -0.25) is 4.79 Å². The number of nitrogens with zero attached hydrogens (tertiary/aromatic N) is 2. The molecule has 0 saturated heterocycles. The molecule has 1 aromatic heterocycles. The summed E-state index contributed by atoms with van der Waals surface area (Å²) in [7, 11) is 0. The van der Waals surface area contributed by atoms with Gasteiger partial charge in [0.2, 0.25) is 5.91 Å². The maximum atomic E-state index is 13.4. The summed E-state index contributed by atoms with van der Waals surface area (Å²) >= 11 is 6.21. The van der Waals surface area contributed by atoms with Gasteiger partial charge in [-0.25, -0.2) is 4.39 Å². The number of hydrogen-bond donors (Lipinski definition) is 1. The van der Waals surface area contributed by atoms with Gasteiger partial charge in [-0.15, -0.1) is 5.10 Å². The van der Waals surface area contributed by atoms with Crippen LogP contribution in [0.1, 0.15) is 15.9 Å². The number of halogens is 2. The quantitative estimate of drug-likeness (QED) is 0.524. The highest BCUT2D eigenvalue weighted by molar-refractivity contribution is 6.33. The third-order valence-electron chi connectivity index (χ3n) is 4.68. The molecule has 4 aromatic rings. The maximum Gasteiger partial charge on any atom is 0.248 e. The van der Waals surface area contributed by atoms with E-state index in [0.717, 1.165) is 27.5 Å². The van der Waals surface area contributed by atoms with E-state index >= 15 is 0 Å². The smallest absolute Gasteiger partial charge is 0.248 e. The van der Waals surface area contributed by atoms with Crippen molar-refractivity contribution in [2.75, 3.05) is 0 Å². The molecular formula is C22H15ClFN3O. The minimum absolute atomic E-state index is 0.274. The van der Waals surface area contributed by atoms with E-state index in [0.29, 0.717) is 16.8 Å². The zero-order valence-electron chi connectivity index (χ0n) is 14.9. The highest BCUT2D eigenvalue weighted by Crippen LogP contribution is 2.34. The van der Waals surface area contributed by atoms with Gasteiger partial charge in [0.25, 0.3) is 0 Å². The van der Waals surface area contributed by atoms with Gasteiger partial charge in [0.15, 0.2) is 0 Å². The second-order valence-electron chi connectivity index (χ2n) is 6.51. The molecule has 0 bridgehead atoms. The third-order valence-corrected chi connectivity index (χ3v) is 4.99. The van der Waals surface area contributed by atoms with Crippen molar-refractivity contribution in [2.24, 2.45) is 5.73 Å². The van der Waals surface area contributed by atoms with E-state index in [1.54, 1.807) is 24.4 Å². The van der Waals surface area contributed by atoms with Crippen LogP contribution in [-0.4, -0.2) is 16.1 Å². The molecule has 0 fully saturated rings. The van der Waals surface area contributed by atoms with Crippen LogP contribution in [0.15, 0.2) is 60.8 Å². The average Bonchev–Trinajstić information content (AvgIpc) is 2.67. The van der Waals surface area contributed by atoms with E-state index < -0.39 is 11.7 Å². The number of hydrogen-bond acceptors (Lipinski definition) is 3. The number of carbonyl (C=O) groups excluding carboxylic acids is 1. The fraction of sp³-hybridized carbons (Fsp3) is 0.0455. The molecule has 0 spiro atoms. The van der Waals surface area contributed by atoms with E-state index in [4.69, 9.17) is 17.3 Å². The first kappa shape index (κ1) is 18.1. The first-order chi connectivity index (χ1) is 13.4. The number of nitrogens with two attached hydrogens (primary N) is 1. The molecule has 0 radical (unpaired) electrons. The van der Waals surface area contributed by atoms with Gasteiger partial charge in [0.05, 0.1) is 11.2 Å². The lowest BCUT2D eigenvalue weighted by Gasteiger charge is -2.11. The van der Waals surface area contributed by atoms with Gasteiger partial charge in [-0.05, 0) is 60.0 Å². The van der Waals surface area contributed by atoms with Crippen LogP contribution in [0, 0.1) is 12.7 Å². The van der Waals surface area contributed by atoms with Gasteiger partial charge in [-0.2, -0.15) is 5.10 Å². The molecule has 2 N–H and O–H groups in total. The van der Waals surface area contributed by atoms with Crippen molar-refractivity contribution < 1.29 is 9.18 Å². The lowest BCUT2D eigenvalue weighted by atomic mass is 9.95. The summed E-state index contributed by atoms with van der Waals surface area (Å²) in [5.41, 5.74) is 9.92. The largest absolute Gasteiger partial charge is 0.366 e. The Labute approximate surface area is 165 Å². The zero-order valence-corrected chi connectivity index (χ0v) is 15.7. The lowest BCUT2D eigenvalue weighted by molar-refractivity contribution is 0.100. The fourth-order valence-corrected chi connectivity index (χ4v) is 3.48. The molecule has 28 heavy (non-hydrogen) atoms. The zero-order chi connectivity index (χ0) is 19.8. The van der Waals surface area contributed by atoms with Crippen molar-refractivity contribution in [3.63, 3.8) is 0 Å². The second kappa shape index (κ2) is 7.02. The molecule has 1 amide bonds. The molecule has 138 valence electrons. The lowest BCUT2D eigenvalue weighted by Crippen LogP contribution is -2.10. The molecule has 1 heterocycles. The van der Waals surface area contributed by atoms with Gasteiger partial charge < -0.3 is 5.73 Å². The van der Waals surface area contributed by atoms with Crippen molar-refractivity contribution >= 4 is 28.3 Å². The summed E-state index contributed by atoms with van der Waals surface area (Å²) in [5, 5.41) is 10.3. The van der Waals surface area contributed by atoms with Crippen molar-refractivity contribution in [3.05, 3.63) is 82.8 Å². The number of benzene rings is 3. The highest BCUT2D eigenvalue weighted by atomic mass is 35.5. The second-order valence-corrected chi connectivity index (χ2v) is 6.92. The number of amides is 1. The van der Waals surface area contributed by atoms with Crippen molar-refractivity contribution in [1.29, 1.82) is 0 Å². The van der Waals surface area contributed by atoms with E-state index in [-0.39, 0.29) is 5.02 Å². The van der Waals surface area contributed by atoms with Gasteiger partial charge in [0.1, 0.15) is 11.5 Å². The number of aryl methyl sites for hydroxylation is 1. The SMILES string of the molecule is Cc1ccc(C(N)=O)cc1-c1ccc2c(-c3ccc(F)cc3Cl)nncc2c1. The van der Waals surface area contributed by atoms with Crippen LogP contribution in [-0.2, 0) is 0 Å². The van der Waals surface area contributed by atoms with Crippen molar-refractivity contribution in [3.8, 4) is 22.4 Å². The van der Waals surface area contributed by atoms with Crippen LogP contribution in [0.2, 0.25) is 5.02 Å². The number of fused-ring (bicyclic) bond motifs is 1. The topological polar surface area (TPSA) is 68.9 Å². The Morgan fingerprint density at radius 3 is 2.61 bits per heavy atom. The Hall–Kier alpha value is -3.31. The standard InChI is InChI=1S/C22H15ClFN3O/c1-12-2-3-14(22(25)28)9-19(12)13-4-6-17-15(8-13)11-26-27-21(17)18-7-5-16(24)10-20(18)23/h2-11H,1H3,(H2,25,28). The minimum Gasteiger partial charge on any atom is -0.366 e. The molecule has 0 atom stereocenters. The van der Waals surface area contributed by atoms with Crippen molar-refractivity contribution in [2.45, 2.75) is 6.92 Å². The highest BCUT2D eigenvalue weighted by Gasteiger charge is 2.13. The van der Waals surface area contributed by atoms with Gasteiger partial charge in [0, 0.05) is 21.9 Å². The van der Waals surface area contributed by atoms with E-state index in [9.17, 15) is 9.18 Å². The third kappa shape index (κ3) is 3.21. The van der Waals surface area contributed by atoms with Gasteiger partial charge >= 0.3 is 0 Å². The first-order valence-electron chi connectivity index (χ1n) is 8.56. The average molecular weight is 392 g/mol. The maximum absolute atomic E-state index is 13.4. The Morgan fingerprint density at radius 2 is 1.86 bits per heavy atom. The Morgan fingerprint density at radius 1 is 1.04 bits per heavy atom. The Bertz CT molecular complexity index is 1240. The van der Waals surface area contributed by atoms with Crippen LogP contribution in [0.5, 0.6) is 0 Å². The Kier molecular flexibility index (Phi) is 4.53. The summed E-state index contributed by atoms with van der Waals surface area (Å²) in [4.78, 5) is 11.5.